The Labute approximate surface area is 69.8 Å². The van der Waals surface area contributed by atoms with E-state index in [0.717, 1.165) is 5.57 Å². The van der Waals surface area contributed by atoms with Crippen LogP contribution < -0.4 is 0 Å². The summed E-state index contributed by atoms with van der Waals surface area (Å²) in [5.41, 5.74) is 0.797. The first kappa shape index (κ1) is 9.36. The standard InChI is InChI=1S/C9H11F3/c1-7-4-2-3-5-8(6-7)9(10,11)12/h2-4,8H,5-6H2,1H3. The molecule has 0 fully saturated rings. The van der Waals surface area contributed by atoms with Crippen LogP contribution in [-0.4, -0.2) is 6.18 Å². The highest BCUT2D eigenvalue weighted by molar-refractivity contribution is 5.14. The third-order valence-electron chi connectivity index (χ3n) is 1.97. The molecule has 0 saturated carbocycles. The summed E-state index contributed by atoms with van der Waals surface area (Å²) in [5, 5.41) is 0. The van der Waals surface area contributed by atoms with E-state index in [1.807, 2.05) is 0 Å². The molecule has 0 aliphatic heterocycles. The van der Waals surface area contributed by atoms with Crippen molar-refractivity contribution in [2.75, 3.05) is 0 Å². The van der Waals surface area contributed by atoms with E-state index in [4.69, 9.17) is 0 Å². The second-order valence-electron chi connectivity index (χ2n) is 3.12. The lowest BCUT2D eigenvalue weighted by Crippen LogP contribution is -2.22. The molecular weight excluding hydrogens is 165 g/mol. The Balaban J connectivity index is 2.70. The Morgan fingerprint density at radius 1 is 1.42 bits per heavy atom. The molecule has 1 rings (SSSR count). The Hall–Kier alpha value is -0.730. The summed E-state index contributed by atoms with van der Waals surface area (Å²) in [6.45, 7) is 1.73. The van der Waals surface area contributed by atoms with Crippen LogP contribution in [0.5, 0.6) is 0 Å². The van der Waals surface area contributed by atoms with Gasteiger partial charge in [-0.3, -0.25) is 0 Å². The molecular formula is C9H11F3. The first-order valence-corrected chi connectivity index (χ1v) is 3.89. The molecule has 0 aromatic rings. The van der Waals surface area contributed by atoms with Gasteiger partial charge in [0.1, 0.15) is 0 Å². The van der Waals surface area contributed by atoms with Crippen molar-refractivity contribution in [3.63, 3.8) is 0 Å². The quantitative estimate of drug-likeness (QED) is 0.530. The molecule has 0 saturated heterocycles. The molecule has 0 heterocycles. The second kappa shape index (κ2) is 3.33. The van der Waals surface area contributed by atoms with Crippen LogP contribution in [0, 0.1) is 5.92 Å². The first-order valence-electron chi connectivity index (χ1n) is 3.89. The maximum Gasteiger partial charge on any atom is 0.392 e. The number of hydrogen-bond donors (Lipinski definition) is 0. The van der Waals surface area contributed by atoms with Crippen LogP contribution in [0.15, 0.2) is 23.8 Å². The minimum Gasteiger partial charge on any atom is -0.171 e. The highest BCUT2D eigenvalue weighted by Crippen LogP contribution is 2.34. The molecule has 1 atom stereocenters. The van der Waals surface area contributed by atoms with Crippen molar-refractivity contribution < 1.29 is 13.2 Å². The molecule has 1 aliphatic carbocycles. The molecule has 0 spiro atoms. The van der Waals surface area contributed by atoms with E-state index in [2.05, 4.69) is 0 Å². The van der Waals surface area contributed by atoms with E-state index in [0.29, 0.717) is 0 Å². The molecule has 0 bridgehead atoms. The fraction of sp³-hybridized carbons (Fsp3) is 0.556. The smallest absolute Gasteiger partial charge is 0.171 e. The van der Waals surface area contributed by atoms with Crippen LogP contribution in [0.4, 0.5) is 13.2 Å². The molecule has 0 nitrogen and oxygen atoms in total. The Morgan fingerprint density at radius 2 is 2.08 bits per heavy atom. The molecule has 1 unspecified atom stereocenters. The summed E-state index contributed by atoms with van der Waals surface area (Å²) in [6, 6.07) is 0. The van der Waals surface area contributed by atoms with Gasteiger partial charge >= 0.3 is 6.18 Å². The van der Waals surface area contributed by atoms with Crippen molar-refractivity contribution in [1.82, 2.24) is 0 Å². The zero-order valence-corrected chi connectivity index (χ0v) is 6.86. The largest absolute Gasteiger partial charge is 0.392 e. The van der Waals surface area contributed by atoms with Crippen LogP contribution in [0.25, 0.3) is 0 Å². The van der Waals surface area contributed by atoms with Crippen molar-refractivity contribution >= 4 is 0 Å². The number of rotatable bonds is 0. The van der Waals surface area contributed by atoms with Gasteiger partial charge in [-0.2, -0.15) is 13.2 Å². The number of hydrogen-bond acceptors (Lipinski definition) is 0. The summed E-state index contributed by atoms with van der Waals surface area (Å²) < 4.78 is 36.7. The molecule has 0 aromatic heterocycles. The average molecular weight is 176 g/mol. The molecule has 12 heavy (non-hydrogen) atoms. The van der Waals surface area contributed by atoms with Gasteiger partial charge in [0.15, 0.2) is 0 Å². The normalized spacial score (nSPS) is 25.0. The predicted molar refractivity (Wildman–Crippen MR) is 41.7 cm³/mol. The molecule has 0 amide bonds. The van der Waals surface area contributed by atoms with Crippen LogP contribution in [0.2, 0.25) is 0 Å². The summed E-state index contributed by atoms with van der Waals surface area (Å²) >= 11 is 0. The van der Waals surface area contributed by atoms with Crippen molar-refractivity contribution in [3.05, 3.63) is 23.8 Å². The molecule has 68 valence electrons. The summed E-state index contributed by atoms with van der Waals surface area (Å²) in [4.78, 5) is 0. The minimum absolute atomic E-state index is 0.108. The van der Waals surface area contributed by atoms with Gasteiger partial charge in [-0.15, -0.1) is 0 Å². The van der Waals surface area contributed by atoms with Gasteiger partial charge in [0.2, 0.25) is 0 Å². The molecule has 3 heteroatoms. The minimum atomic E-state index is -4.05. The highest BCUT2D eigenvalue weighted by atomic mass is 19.4. The van der Waals surface area contributed by atoms with Gasteiger partial charge in [0.05, 0.1) is 5.92 Å². The third kappa shape index (κ3) is 2.40. The maximum absolute atomic E-state index is 12.2. The first-order chi connectivity index (χ1) is 5.50. The van der Waals surface area contributed by atoms with Crippen LogP contribution in [0.1, 0.15) is 19.8 Å². The van der Waals surface area contributed by atoms with E-state index >= 15 is 0 Å². The second-order valence-corrected chi connectivity index (χ2v) is 3.12. The Morgan fingerprint density at radius 3 is 2.67 bits per heavy atom. The molecule has 0 N–H and O–H groups in total. The van der Waals surface area contributed by atoms with E-state index in [1.54, 1.807) is 25.2 Å². The van der Waals surface area contributed by atoms with Crippen LogP contribution in [-0.2, 0) is 0 Å². The van der Waals surface area contributed by atoms with E-state index in [1.165, 1.54) is 0 Å². The zero-order chi connectivity index (χ0) is 9.19. The fourth-order valence-electron chi connectivity index (χ4n) is 1.26. The Kier molecular flexibility index (Phi) is 2.60. The van der Waals surface area contributed by atoms with E-state index in [9.17, 15) is 13.2 Å². The Bertz CT molecular complexity index is 210. The number of allylic oxidation sites excluding steroid dienone is 4. The van der Waals surface area contributed by atoms with Gasteiger partial charge in [0, 0.05) is 0 Å². The number of halogens is 3. The SMILES string of the molecule is CC1=CC=CCC(C(F)(F)F)C1. The highest BCUT2D eigenvalue weighted by Gasteiger charge is 2.38. The van der Waals surface area contributed by atoms with Gasteiger partial charge < -0.3 is 0 Å². The lowest BCUT2D eigenvalue weighted by atomic mass is 9.98. The van der Waals surface area contributed by atoms with E-state index in [-0.39, 0.29) is 12.8 Å². The maximum atomic E-state index is 12.2. The average Bonchev–Trinajstić information content (AvgIpc) is 2.11. The van der Waals surface area contributed by atoms with Crippen molar-refractivity contribution in [1.29, 1.82) is 0 Å². The van der Waals surface area contributed by atoms with Crippen LogP contribution >= 0.6 is 0 Å². The summed E-state index contributed by atoms with van der Waals surface area (Å²) in [7, 11) is 0. The fourth-order valence-corrected chi connectivity index (χ4v) is 1.26. The number of alkyl halides is 3. The molecule has 0 radical (unpaired) electrons. The van der Waals surface area contributed by atoms with Gasteiger partial charge in [-0.25, -0.2) is 0 Å². The summed E-state index contributed by atoms with van der Waals surface area (Å²) in [5.74, 6) is -1.19. The van der Waals surface area contributed by atoms with Crippen LogP contribution in [0.3, 0.4) is 0 Å². The molecule has 0 aromatic carbocycles. The third-order valence-corrected chi connectivity index (χ3v) is 1.97. The predicted octanol–water partition coefficient (Wildman–Crippen LogP) is 3.46. The lowest BCUT2D eigenvalue weighted by Gasteiger charge is -2.17. The van der Waals surface area contributed by atoms with Gasteiger partial charge in [0.25, 0.3) is 0 Å². The topological polar surface area (TPSA) is 0 Å². The van der Waals surface area contributed by atoms with Crippen molar-refractivity contribution in [3.8, 4) is 0 Å². The van der Waals surface area contributed by atoms with Crippen molar-refractivity contribution in [2.24, 2.45) is 5.92 Å². The van der Waals surface area contributed by atoms with E-state index < -0.39 is 12.1 Å². The lowest BCUT2D eigenvalue weighted by molar-refractivity contribution is -0.173. The molecule has 1 aliphatic rings. The van der Waals surface area contributed by atoms with Gasteiger partial charge in [-0.05, 0) is 19.8 Å². The van der Waals surface area contributed by atoms with Crippen molar-refractivity contribution in [2.45, 2.75) is 25.9 Å². The van der Waals surface area contributed by atoms with Gasteiger partial charge in [-0.1, -0.05) is 23.8 Å². The zero-order valence-electron chi connectivity index (χ0n) is 6.86. The summed E-state index contributed by atoms with van der Waals surface area (Å²) in [6.07, 6.45) is 1.21. The monoisotopic (exact) mass is 176 g/mol.